The van der Waals surface area contributed by atoms with Crippen molar-refractivity contribution < 1.29 is 33.9 Å². The van der Waals surface area contributed by atoms with Gasteiger partial charge in [-0.25, -0.2) is 4.79 Å². The van der Waals surface area contributed by atoms with Gasteiger partial charge in [0.2, 0.25) is 0 Å². The van der Waals surface area contributed by atoms with Gasteiger partial charge in [-0.3, -0.25) is 24.6 Å². The van der Waals surface area contributed by atoms with E-state index in [1.165, 1.54) is 54.5 Å². The first-order chi connectivity index (χ1) is 17.8. The molecule has 10 heteroatoms. The third-order valence-electron chi connectivity index (χ3n) is 5.84. The standard InChI is InChI=1S/C27H22N2O8/c1-3-37-27(33)16-10-12-19(13-11-16)28-23(17-6-5-9-21(15-17)36-2)22(25(31)26(28)32)24(30)18-7-4-8-20(14-18)29(34)35/h4-15,23,30H,3H2,1-2H3/b24-22-. The molecule has 0 aliphatic carbocycles. The van der Waals surface area contributed by atoms with Gasteiger partial charge in [-0.15, -0.1) is 0 Å². The number of Topliss-reactive ketones (excluding diaryl/α,β-unsaturated/α-hetero) is 1. The van der Waals surface area contributed by atoms with E-state index >= 15 is 0 Å². The molecule has 1 unspecified atom stereocenters. The molecule has 4 rings (SSSR count). The number of carbonyl (C=O) groups is 3. The number of nitro benzene ring substituents is 1. The monoisotopic (exact) mass is 502 g/mol. The summed E-state index contributed by atoms with van der Waals surface area (Å²) in [6.07, 6.45) is 0. The Kier molecular flexibility index (Phi) is 7.01. The number of hydrogen-bond acceptors (Lipinski definition) is 8. The largest absolute Gasteiger partial charge is 0.507 e. The lowest BCUT2D eigenvalue weighted by Crippen LogP contribution is -2.29. The fourth-order valence-corrected chi connectivity index (χ4v) is 4.12. The molecular formula is C27H22N2O8. The minimum atomic E-state index is -1.08. The van der Waals surface area contributed by atoms with Gasteiger partial charge in [0.05, 0.1) is 35.8 Å². The third kappa shape index (κ3) is 4.76. The van der Waals surface area contributed by atoms with E-state index in [2.05, 4.69) is 0 Å². The Morgan fingerprint density at radius 1 is 1.03 bits per heavy atom. The summed E-state index contributed by atoms with van der Waals surface area (Å²) in [6, 6.07) is 16.7. The van der Waals surface area contributed by atoms with E-state index < -0.39 is 34.4 Å². The van der Waals surface area contributed by atoms with E-state index in [1.807, 2.05) is 0 Å². The number of nitro groups is 1. The number of anilines is 1. The Morgan fingerprint density at radius 2 is 1.73 bits per heavy atom. The molecule has 0 spiro atoms. The predicted molar refractivity (Wildman–Crippen MR) is 133 cm³/mol. The van der Waals surface area contributed by atoms with Gasteiger partial charge >= 0.3 is 5.97 Å². The molecule has 188 valence electrons. The Labute approximate surface area is 211 Å². The predicted octanol–water partition coefficient (Wildman–Crippen LogP) is 4.41. The van der Waals surface area contributed by atoms with Gasteiger partial charge in [-0.1, -0.05) is 24.3 Å². The Bertz CT molecular complexity index is 1430. The Morgan fingerprint density at radius 3 is 2.38 bits per heavy atom. The van der Waals surface area contributed by atoms with Gasteiger partial charge in [-0.2, -0.15) is 0 Å². The van der Waals surface area contributed by atoms with Crippen molar-refractivity contribution in [1.82, 2.24) is 0 Å². The second-order valence-electron chi connectivity index (χ2n) is 8.02. The first-order valence-corrected chi connectivity index (χ1v) is 11.2. The van der Waals surface area contributed by atoms with Gasteiger partial charge < -0.3 is 14.6 Å². The summed E-state index contributed by atoms with van der Waals surface area (Å²) in [5.74, 6) is -2.52. The van der Waals surface area contributed by atoms with Gasteiger partial charge in [0.25, 0.3) is 17.4 Å². The highest BCUT2D eigenvalue weighted by Gasteiger charge is 2.47. The Hall–Kier alpha value is -4.99. The summed E-state index contributed by atoms with van der Waals surface area (Å²) in [5.41, 5.74) is 0.495. The summed E-state index contributed by atoms with van der Waals surface area (Å²) in [4.78, 5) is 50.5. The van der Waals surface area contributed by atoms with Crippen molar-refractivity contribution in [3.63, 3.8) is 0 Å². The molecule has 37 heavy (non-hydrogen) atoms. The smallest absolute Gasteiger partial charge is 0.338 e. The average Bonchev–Trinajstić information content (AvgIpc) is 3.18. The Balaban J connectivity index is 1.89. The number of benzene rings is 3. The molecular weight excluding hydrogens is 480 g/mol. The lowest BCUT2D eigenvalue weighted by Gasteiger charge is -2.26. The number of methoxy groups -OCH3 is 1. The third-order valence-corrected chi connectivity index (χ3v) is 5.84. The van der Waals surface area contributed by atoms with Gasteiger partial charge in [0, 0.05) is 23.4 Å². The highest BCUT2D eigenvalue weighted by Crippen LogP contribution is 2.43. The summed E-state index contributed by atoms with van der Waals surface area (Å²) in [7, 11) is 1.47. The first-order valence-electron chi connectivity index (χ1n) is 11.2. The van der Waals surface area contributed by atoms with Crippen LogP contribution in [0, 0.1) is 10.1 Å². The van der Waals surface area contributed by atoms with Crippen LogP contribution in [0.1, 0.15) is 34.5 Å². The molecule has 1 aliphatic rings. The van der Waals surface area contributed by atoms with Crippen molar-refractivity contribution in [3.05, 3.63) is 105 Å². The summed E-state index contributed by atoms with van der Waals surface area (Å²) in [5, 5.41) is 22.4. The number of rotatable bonds is 7. The molecule has 10 nitrogen and oxygen atoms in total. The van der Waals surface area contributed by atoms with E-state index in [4.69, 9.17) is 9.47 Å². The number of non-ortho nitro benzene ring substituents is 1. The second kappa shape index (κ2) is 10.3. The van der Waals surface area contributed by atoms with Gasteiger partial charge in [0.1, 0.15) is 11.5 Å². The van der Waals surface area contributed by atoms with Crippen LogP contribution in [0.5, 0.6) is 5.75 Å². The maximum absolute atomic E-state index is 13.3. The molecule has 0 saturated carbocycles. The zero-order valence-electron chi connectivity index (χ0n) is 19.9. The van der Waals surface area contributed by atoms with E-state index in [9.17, 15) is 29.6 Å². The van der Waals surface area contributed by atoms with Crippen LogP contribution in [0.3, 0.4) is 0 Å². The van der Waals surface area contributed by atoms with Crippen LogP contribution in [0.4, 0.5) is 11.4 Å². The summed E-state index contributed by atoms with van der Waals surface area (Å²) < 4.78 is 10.3. The van der Waals surface area contributed by atoms with Crippen LogP contribution in [0.2, 0.25) is 0 Å². The van der Waals surface area contributed by atoms with Crippen molar-refractivity contribution in [2.75, 3.05) is 18.6 Å². The quantitative estimate of drug-likeness (QED) is 0.125. The molecule has 0 radical (unpaired) electrons. The zero-order valence-corrected chi connectivity index (χ0v) is 19.9. The number of aliphatic hydroxyl groups excluding tert-OH is 1. The number of ketones is 1. The maximum atomic E-state index is 13.3. The number of ether oxygens (including phenoxy) is 2. The van der Waals surface area contributed by atoms with Crippen molar-refractivity contribution in [3.8, 4) is 5.75 Å². The number of amides is 1. The number of hydrogen-bond donors (Lipinski definition) is 1. The average molecular weight is 502 g/mol. The highest BCUT2D eigenvalue weighted by atomic mass is 16.6. The molecule has 3 aromatic carbocycles. The SMILES string of the molecule is CCOC(=O)c1ccc(N2C(=O)C(=O)/C(=C(\O)c3cccc([N+](=O)[O-])c3)C2c2cccc(OC)c2)cc1. The van der Waals surface area contributed by atoms with Gasteiger partial charge in [0.15, 0.2) is 0 Å². The van der Waals surface area contributed by atoms with E-state index in [1.54, 1.807) is 31.2 Å². The maximum Gasteiger partial charge on any atom is 0.338 e. The second-order valence-corrected chi connectivity index (χ2v) is 8.02. The van der Waals surface area contributed by atoms with Crippen LogP contribution in [-0.2, 0) is 14.3 Å². The van der Waals surface area contributed by atoms with E-state index in [0.29, 0.717) is 17.0 Å². The van der Waals surface area contributed by atoms with Crippen LogP contribution in [0.15, 0.2) is 78.4 Å². The van der Waals surface area contributed by atoms with Crippen molar-refractivity contribution in [2.45, 2.75) is 13.0 Å². The van der Waals surface area contributed by atoms with Crippen LogP contribution < -0.4 is 9.64 Å². The fraction of sp³-hybridized carbons (Fsp3) is 0.148. The summed E-state index contributed by atoms with van der Waals surface area (Å²) >= 11 is 0. The molecule has 0 aromatic heterocycles. The molecule has 1 aliphatic heterocycles. The molecule has 3 aromatic rings. The lowest BCUT2D eigenvalue weighted by atomic mass is 9.94. The molecule has 1 amide bonds. The zero-order chi connectivity index (χ0) is 26.7. The van der Waals surface area contributed by atoms with Crippen LogP contribution >= 0.6 is 0 Å². The molecule has 1 atom stereocenters. The molecule has 1 heterocycles. The van der Waals surface area contributed by atoms with E-state index in [0.717, 1.165) is 6.07 Å². The van der Waals surface area contributed by atoms with Crippen LogP contribution in [-0.4, -0.2) is 41.4 Å². The summed E-state index contributed by atoms with van der Waals surface area (Å²) in [6.45, 7) is 1.88. The van der Waals surface area contributed by atoms with Crippen LogP contribution in [0.25, 0.3) is 5.76 Å². The molecule has 1 N–H and O–H groups in total. The first kappa shape index (κ1) is 25.1. The number of carbonyl (C=O) groups excluding carboxylic acids is 3. The van der Waals surface area contributed by atoms with Crippen molar-refractivity contribution >= 4 is 34.8 Å². The minimum absolute atomic E-state index is 0.0118. The molecule has 1 fully saturated rings. The molecule has 0 bridgehead atoms. The van der Waals surface area contributed by atoms with E-state index in [-0.39, 0.29) is 29.0 Å². The number of esters is 1. The fourth-order valence-electron chi connectivity index (χ4n) is 4.12. The topological polar surface area (TPSA) is 136 Å². The number of aliphatic hydroxyl groups is 1. The molecule has 1 saturated heterocycles. The van der Waals surface area contributed by atoms with Crippen molar-refractivity contribution in [2.24, 2.45) is 0 Å². The normalized spacial score (nSPS) is 16.5. The van der Waals surface area contributed by atoms with Gasteiger partial charge in [-0.05, 0) is 48.9 Å². The number of nitrogens with zero attached hydrogens (tertiary/aromatic N) is 2. The van der Waals surface area contributed by atoms with Crippen molar-refractivity contribution in [1.29, 1.82) is 0 Å². The highest BCUT2D eigenvalue weighted by molar-refractivity contribution is 6.51. The minimum Gasteiger partial charge on any atom is -0.507 e. The lowest BCUT2D eigenvalue weighted by molar-refractivity contribution is -0.384.